The van der Waals surface area contributed by atoms with Crippen LogP contribution < -0.4 is 0 Å². The highest BCUT2D eigenvalue weighted by Gasteiger charge is 2.28. The van der Waals surface area contributed by atoms with E-state index in [1.165, 1.54) is 0 Å². The van der Waals surface area contributed by atoms with Crippen molar-refractivity contribution in [2.24, 2.45) is 0 Å². The molecule has 0 atom stereocenters. The molecular formula is C19H29NO4. The van der Waals surface area contributed by atoms with E-state index < -0.39 is 11.6 Å². The number of hydrogen-bond donors (Lipinski definition) is 1. The largest absolute Gasteiger partial charge is 0.478 e. The van der Waals surface area contributed by atoms with Crippen LogP contribution in [-0.4, -0.2) is 40.8 Å². The molecule has 1 aliphatic heterocycles. The molecule has 0 radical (unpaired) electrons. The summed E-state index contributed by atoms with van der Waals surface area (Å²) in [5.41, 5.74) is 0.723. The number of ether oxygens (including phenoxy) is 1. The van der Waals surface area contributed by atoms with Gasteiger partial charge in [0, 0.05) is 13.1 Å². The number of rotatable bonds is 2. The van der Waals surface area contributed by atoms with Crippen molar-refractivity contribution in [2.45, 2.75) is 59.0 Å². The minimum Gasteiger partial charge on any atom is -0.478 e. The van der Waals surface area contributed by atoms with Crippen molar-refractivity contribution in [1.82, 2.24) is 4.90 Å². The van der Waals surface area contributed by atoms with Crippen LogP contribution in [0.2, 0.25) is 0 Å². The average molecular weight is 335 g/mol. The molecule has 1 amide bonds. The lowest BCUT2D eigenvalue weighted by Crippen LogP contribution is -2.41. The number of carbonyl (C=O) groups is 2. The normalized spacial score (nSPS) is 15.3. The molecule has 0 unspecified atom stereocenters. The standard InChI is InChI=1S/C17H23NO4.C2H6/c1-17(2,3)22-16(21)18-10-8-12(9-11-18)13-6-4-5-7-14(13)15(19)20;1-2/h4-7,12H,8-11H2,1-3H3,(H,19,20);1-2H3. The summed E-state index contributed by atoms with van der Waals surface area (Å²) in [6.07, 6.45) is 1.21. The fourth-order valence-corrected chi connectivity index (χ4v) is 2.75. The predicted molar refractivity (Wildman–Crippen MR) is 94.5 cm³/mol. The van der Waals surface area contributed by atoms with Gasteiger partial charge in [0.1, 0.15) is 5.60 Å². The van der Waals surface area contributed by atoms with Gasteiger partial charge in [-0.1, -0.05) is 32.0 Å². The van der Waals surface area contributed by atoms with E-state index in [9.17, 15) is 14.7 Å². The van der Waals surface area contributed by atoms with Crippen molar-refractivity contribution in [2.75, 3.05) is 13.1 Å². The van der Waals surface area contributed by atoms with Gasteiger partial charge in [0.2, 0.25) is 0 Å². The van der Waals surface area contributed by atoms with Crippen LogP contribution in [0.15, 0.2) is 24.3 Å². The summed E-state index contributed by atoms with van der Waals surface area (Å²) in [6.45, 7) is 10.7. The van der Waals surface area contributed by atoms with Crippen molar-refractivity contribution in [3.8, 4) is 0 Å². The molecule has 1 fully saturated rings. The Kier molecular flexibility index (Phi) is 7.26. The van der Waals surface area contributed by atoms with Gasteiger partial charge in [-0.15, -0.1) is 0 Å². The number of aromatic carboxylic acids is 1. The summed E-state index contributed by atoms with van der Waals surface area (Å²) >= 11 is 0. The third-order valence-corrected chi connectivity index (χ3v) is 3.78. The highest BCUT2D eigenvalue weighted by Crippen LogP contribution is 2.31. The molecule has 24 heavy (non-hydrogen) atoms. The number of carboxylic acid groups (broad SMARTS) is 1. The van der Waals surface area contributed by atoms with Gasteiger partial charge in [-0.25, -0.2) is 9.59 Å². The number of carbonyl (C=O) groups excluding carboxylic acids is 1. The van der Waals surface area contributed by atoms with Crippen LogP contribution in [0.5, 0.6) is 0 Å². The van der Waals surface area contributed by atoms with E-state index in [1.54, 1.807) is 17.0 Å². The van der Waals surface area contributed by atoms with Gasteiger partial charge >= 0.3 is 12.1 Å². The van der Waals surface area contributed by atoms with Crippen LogP contribution in [0.25, 0.3) is 0 Å². The lowest BCUT2D eigenvalue weighted by atomic mass is 9.86. The Morgan fingerprint density at radius 2 is 1.67 bits per heavy atom. The molecule has 134 valence electrons. The second-order valence-corrected chi connectivity index (χ2v) is 6.63. The number of piperidine rings is 1. The van der Waals surface area contributed by atoms with Crippen LogP contribution in [-0.2, 0) is 4.74 Å². The average Bonchev–Trinajstić information content (AvgIpc) is 2.55. The Morgan fingerprint density at radius 3 is 2.17 bits per heavy atom. The predicted octanol–water partition coefficient (Wildman–Crippen LogP) is 4.53. The Morgan fingerprint density at radius 1 is 1.12 bits per heavy atom. The zero-order chi connectivity index (χ0) is 18.3. The van der Waals surface area contributed by atoms with Gasteiger partial charge in [0.15, 0.2) is 0 Å². The van der Waals surface area contributed by atoms with Crippen LogP contribution in [0.3, 0.4) is 0 Å². The minimum atomic E-state index is -0.898. The molecule has 0 spiro atoms. The molecule has 2 rings (SSSR count). The third kappa shape index (κ3) is 5.55. The van der Waals surface area contributed by atoms with Crippen LogP contribution >= 0.6 is 0 Å². The molecular weight excluding hydrogens is 306 g/mol. The van der Waals surface area contributed by atoms with Crippen molar-refractivity contribution in [3.05, 3.63) is 35.4 Å². The van der Waals surface area contributed by atoms with Crippen molar-refractivity contribution < 1.29 is 19.4 Å². The van der Waals surface area contributed by atoms with E-state index in [4.69, 9.17) is 4.74 Å². The van der Waals surface area contributed by atoms with Crippen LogP contribution in [0, 0.1) is 0 Å². The van der Waals surface area contributed by atoms with Crippen LogP contribution in [0.1, 0.15) is 69.3 Å². The van der Waals surface area contributed by atoms with E-state index in [-0.39, 0.29) is 12.0 Å². The van der Waals surface area contributed by atoms with Gasteiger partial charge in [0.25, 0.3) is 0 Å². The molecule has 1 saturated heterocycles. The topological polar surface area (TPSA) is 66.8 Å². The smallest absolute Gasteiger partial charge is 0.410 e. The number of carboxylic acids is 1. The van der Waals surface area contributed by atoms with E-state index in [1.807, 2.05) is 46.8 Å². The fraction of sp³-hybridized carbons (Fsp3) is 0.579. The Balaban J connectivity index is 0.00000139. The lowest BCUT2D eigenvalue weighted by Gasteiger charge is -2.34. The van der Waals surface area contributed by atoms with Crippen LogP contribution in [0.4, 0.5) is 4.79 Å². The minimum absolute atomic E-state index is 0.172. The molecule has 1 aliphatic rings. The Labute approximate surface area is 144 Å². The number of benzene rings is 1. The summed E-state index contributed by atoms with van der Waals surface area (Å²) in [7, 11) is 0. The second-order valence-electron chi connectivity index (χ2n) is 6.63. The van der Waals surface area contributed by atoms with Gasteiger partial charge in [-0.2, -0.15) is 0 Å². The first-order chi connectivity index (χ1) is 11.3. The molecule has 0 bridgehead atoms. The first-order valence-electron chi connectivity index (χ1n) is 8.58. The number of amides is 1. The third-order valence-electron chi connectivity index (χ3n) is 3.78. The lowest BCUT2D eigenvalue weighted by molar-refractivity contribution is 0.0204. The summed E-state index contributed by atoms with van der Waals surface area (Å²) in [4.78, 5) is 25.1. The Hall–Kier alpha value is -2.04. The molecule has 1 heterocycles. The molecule has 5 heteroatoms. The molecule has 0 saturated carbocycles. The van der Waals surface area contributed by atoms with Gasteiger partial charge in [0.05, 0.1) is 5.56 Å². The fourth-order valence-electron chi connectivity index (χ4n) is 2.75. The van der Waals surface area contributed by atoms with Crippen molar-refractivity contribution in [3.63, 3.8) is 0 Å². The van der Waals surface area contributed by atoms with Crippen molar-refractivity contribution >= 4 is 12.1 Å². The molecule has 1 aromatic rings. The molecule has 1 N–H and O–H groups in total. The first kappa shape index (κ1) is 20.0. The van der Waals surface area contributed by atoms with E-state index in [2.05, 4.69) is 0 Å². The number of likely N-dealkylation sites (tertiary alicyclic amines) is 1. The molecule has 0 aliphatic carbocycles. The summed E-state index contributed by atoms with van der Waals surface area (Å²) < 4.78 is 5.37. The Bertz CT molecular complexity index is 555. The van der Waals surface area contributed by atoms with Crippen molar-refractivity contribution in [1.29, 1.82) is 0 Å². The zero-order valence-corrected chi connectivity index (χ0v) is 15.3. The van der Waals surface area contributed by atoms with E-state index in [0.717, 1.165) is 18.4 Å². The monoisotopic (exact) mass is 335 g/mol. The SMILES string of the molecule is CC.CC(C)(C)OC(=O)N1CCC(c2ccccc2C(=O)O)CC1. The highest BCUT2D eigenvalue weighted by atomic mass is 16.6. The zero-order valence-electron chi connectivity index (χ0n) is 15.3. The molecule has 5 nitrogen and oxygen atoms in total. The van der Waals surface area contributed by atoms with E-state index >= 15 is 0 Å². The van der Waals surface area contributed by atoms with Gasteiger partial charge in [-0.05, 0) is 51.2 Å². The first-order valence-corrected chi connectivity index (χ1v) is 8.58. The summed E-state index contributed by atoms with van der Waals surface area (Å²) in [5.74, 6) is -0.726. The summed E-state index contributed by atoms with van der Waals surface area (Å²) in [5, 5.41) is 9.28. The maximum absolute atomic E-state index is 12.0. The summed E-state index contributed by atoms with van der Waals surface area (Å²) in [6, 6.07) is 7.11. The molecule has 1 aromatic carbocycles. The maximum Gasteiger partial charge on any atom is 0.410 e. The molecule has 0 aromatic heterocycles. The maximum atomic E-state index is 12.0. The quantitative estimate of drug-likeness (QED) is 0.862. The highest BCUT2D eigenvalue weighted by molar-refractivity contribution is 5.89. The second kappa shape index (κ2) is 8.71. The van der Waals surface area contributed by atoms with Gasteiger partial charge < -0.3 is 14.7 Å². The number of nitrogens with zero attached hydrogens (tertiary/aromatic N) is 1. The van der Waals surface area contributed by atoms with Gasteiger partial charge in [-0.3, -0.25) is 0 Å². The number of hydrogen-bond acceptors (Lipinski definition) is 3. The van der Waals surface area contributed by atoms with E-state index in [0.29, 0.717) is 18.7 Å².